The lowest BCUT2D eigenvalue weighted by molar-refractivity contribution is 0.251. The molecule has 0 fully saturated rings. The van der Waals surface area contributed by atoms with Gasteiger partial charge in [0.1, 0.15) is 11.6 Å². The zero-order valence-corrected chi connectivity index (χ0v) is 11.0. The van der Waals surface area contributed by atoms with Crippen LogP contribution in [-0.2, 0) is 6.54 Å². The first-order chi connectivity index (χ1) is 9.54. The van der Waals surface area contributed by atoms with Crippen molar-refractivity contribution in [2.24, 2.45) is 0 Å². The van der Waals surface area contributed by atoms with Crippen LogP contribution in [-0.4, -0.2) is 6.03 Å². The second-order valence-electron chi connectivity index (χ2n) is 4.07. The Morgan fingerprint density at radius 1 is 1.10 bits per heavy atom. The van der Waals surface area contributed by atoms with Gasteiger partial charge in [0.25, 0.3) is 0 Å². The van der Waals surface area contributed by atoms with Gasteiger partial charge >= 0.3 is 6.03 Å². The molecule has 3 nitrogen and oxygen atoms in total. The van der Waals surface area contributed by atoms with E-state index in [2.05, 4.69) is 10.6 Å². The number of nitrogens with one attached hydrogen (secondary N) is 2. The highest BCUT2D eigenvalue weighted by atomic mass is 35.5. The van der Waals surface area contributed by atoms with Crippen LogP contribution < -0.4 is 10.6 Å². The summed E-state index contributed by atoms with van der Waals surface area (Å²) in [5.41, 5.74) is 0.786. The molecule has 0 aliphatic carbocycles. The topological polar surface area (TPSA) is 41.1 Å². The lowest BCUT2D eigenvalue weighted by Gasteiger charge is -2.09. The van der Waals surface area contributed by atoms with Crippen LogP contribution in [0.25, 0.3) is 0 Å². The smallest absolute Gasteiger partial charge is 0.319 e. The van der Waals surface area contributed by atoms with E-state index in [4.69, 9.17) is 11.6 Å². The van der Waals surface area contributed by atoms with Crippen LogP contribution in [0.5, 0.6) is 0 Å². The summed E-state index contributed by atoms with van der Waals surface area (Å²) in [7, 11) is 0. The Kier molecular flexibility index (Phi) is 4.53. The van der Waals surface area contributed by atoms with E-state index in [1.54, 1.807) is 24.3 Å². The van der Waals surface area contributed by atoms with Gasteiger partial charge in [-0.15, -0.1) is 0 Å². The molecule has 2 aromatic rings. The van der Waals surface area contributed by atoms with Crippen molar-refractivity contribution in [3.05, 3.63) is 64.7 Å². The summed E-state index contributed by atoms with van der Waals surface area (Å²) in [6.45, 7) is 0.00493. The minimum Gasteiger partial charge on any atom is -0.334 e. The molecule has 0 saturated heterocycles. The van der Waals surface area contributed by atoms with Gasteiger partial charge in [0.2, 0.25) is 0 Å². The quantitative estimate of drug-likeness (QED) is 0.885. The molecule has 2 rings (SSSR count). The van der Waals surface area contributed by atoms with Crippen molar-refractivity contribution in [3.8, 4) is 0 Å². The standard InChI is InChI=1S/C14H11ClF2N2O/c15-12-3-1-2-4-13(12)19-14(20)18-8-9-5-10(16)7-11(17)6-9/h1-7H,8H2,(H2,18,19,20). The van der Waals surface area contributed by atoms with Crippen molar-refractivity contribution in [1.29, 1.82) is 0 Å². The molecule has 2 aromatic carbocycles. The first-order valence-corrected chi connectivity index (χ1v) is 6.17. The summed E-state index contributed by atoms with van der Waals surface area (Å²) in [6, 6.07) is 9.31. The lowest BCUT2D eigenvalue weighted by atomic mass is 10.2. The van der Waals surface area contributed by atoms with Crippen molar-refractivity contribution in [3.63, 3.8) is 0 Å². The van der Waals surface area contributed by atoms with Crippen LogP contribution in [0, 0.1) is 11.6 Å². The third kappa shape index (κ3) is 3.93. The second kappa shape index (κ2) is 6.34. The fraction of sp³-hybridized carbons (Fsp3) is 0.0714. The van der Waals surface area contributed by atoms with E-state index in [0.29, 0.717) is 16.3 Å². The molecule has 20 heavy (non-hydrogen) atoms. The van der Waals surface area contributed by atoms with Gasteiger partial charge in [0, 0.05) is 12.6 Å². The number of rotatable bonds is 3. The van der Waals surface area contributed by atoms with Gasteiger partial charge in [-0.2, -0.15) is 0 Å². The molecule has 0 spiro atoms. The number of benzene rings is 2. The molecule has 0 saturated carbocycles. The number of halogens is 3. The van der Waals surface area contributed by atoms with Crippen LogP contribution in [0.3, 0.4) is 0 Å². The van der Waals surface area contributed by atoms with Gasteiger partial charge in [-0.05, 0) is 29.8 Å². The molecule has 0 atom stereocenters. The first-order valence-electron chi connectivity index (χ1n) is 5.79. The van der Waals surface area contributed by atoms with Crippen LogP contribution >= 0.6 is 11.6 Å². The molecule has 6 heteroatoms. The van der Waals surface area contributed by atoms with Crippen LogP contribution in [0.1, 0.15) is 5.56 Å². The number of carbonyl (C=O) groups excluding carboxylic acids is 1. The van der Waals surface area contributed by atoms with Gasteiger partial charge in [-0.3, -0.25) is 0 Å². The predicted molar refractivity (Wildman–Crippen MR) is 73.7 cm³/mol. The zero-order chi connectivity index (χ0) is 14.5. The SMILES string of the molecule is O=C(NCc1cc(F)cc(F)c1)Nc1ccccc1Cl. The van der Waals surface area contributed by atoms with Gasteiger partial charge in [-0.1, -0.05) is 23.7 Å². The van der Waals surface area contributed by atoms with Crippen molar-refractivity contribution < 1.29 is 13.6 Å². The lowest BCUT2D eigenvalue weighted by Crippen LogP contribution is -2.28. The third-order valence-corrected chi connectivity index (χ3v) is 2.83. The van der Waals surface area contributed by atoms with Crippen molar-refractivity contribution in [2.45, 2.75) is 6.54 Å². The summed E-state index contributed by atoms with van der Waals surface area (Å²) in [4.78, 5) is 11.6. The van der Waals surface area contributed by atoms with E-state index in [1.807, 2.05) is 0 Å². The molecule has 0 bridgehead atoms. The molecule has 2 amide bonds. The minimum atomic E-state index is -0.687. The average Bonchev–Trinajstić information content (AvgIpc) is 2.38. The number of amides is 2. The summed E-state index contributed by atoms with van der Waals surface area (Å²) < 4.78 is 25.9. The molecular formula is C14H11ClF2N2O. The van der Waals surface area contributed by atoms with E-state index in [1.165, 1.54) is 0 Å². The molecule has 0 heterocycles. The highest BCUT2D eigenvalue weighted by Crippen LogP contribution is 2.20. The van der Waals surface area contributed by atoms with Crippen molar-refractivity contribution >= 4 is 23.3 Å². The molecule has 2 N–H and O–H groups in total. The van der Waals surface area contributed by atoms with E-state index in [9.17, 15) is 13.6 Å². The van der Waals surface area contributed by atoms with Crippen molar-refractivity contribution in [2.75, 3.05) is 5.32 Å². The minimum absolute atomic E-state index is 0.00493. The van der Waals surface area contributed by atoms with Crippen LogP contribution in [0.15, 0.2) is 42.5 Å². The summed E-state index contributed by atoms with van der Waals surface area (Å²) in [6.07, 6.45) is 0. The summed E-state index contributed by atoms with van der Waals surface area (Å²) in [5.74, 6) is -1.37. The first kappa shape index (κ1) is 14.3. The summed E-state index contributed by atoms with van der Waals surface area (Å²) in [5, 5.41) is 5.43. The Bertz CT molecular complexity index is 614. The fourth-order valence-corrected chi connectivity index (χ4v) is 1.81. The molecule has 0 aliphatic heterocycles. The highest BCUT2D eigenvalue weighted by molar-refractivity contribution is 6.33. The van der Waals surface area contributed by atoms with Gasteiger partial charge in [0.05, 0.1) is 10.7 Å². The molecule has 104 valence electrons. The molecule has 0 aromatic heterocycles. The largest absolute Gasteiger partial charge is 0.334 e. The maximum absolute atomic E-state index is 13.0. The van der Waals surface area contributed by atoms with Crippen LogP contribution in [0.4, 0.5) is 19.3 Å². The van der Waals surface area contributed by atoms with Gasteiger partial charge < -0.3 is 10.6 Å². The van der Waals surface area contributed by atoms with E-state index < -0.39 is 17.7 Å². The van der Waals surface area contributed by atoms with Crippen LogP contribution in [0.2, 0.25) is 5.02 Å². The fourth-order valence-electron chi connectivity index (χ4n) is 1.62. The second-order valence-corrected chi connectivity index (χ2v) is 4.47. The Morgan fingerprint density at radius 2 is 1.75 bits per heavy atom. The molecular weight excluding hydrogens is 286 g/mol. The molecule has 0 unspecified atom stereocenters. The predicted octanol–water partition coefficient (Wildman–Crippen LogP) is 3.94. The number of hydrogen-bond acceptors (Lipinski definition) is 1. The third-order valence-electron chi connectivity index (χ3n) is 2.50. The number of anilines is 1. The van der Waals surface area contributed by atoms with E-state index in [0.717, 1.165) is 18.2 Å². The molecule has 0 radical (unpaired) electrons. The van der Waals surface area contributed by atoms with E-state index in [-0.39, 0.29) is 6.54 Å². The van der Waals surface area contributed by atoms with Gasteiger partial charge in [0.15, 0.2) is 0 Å². The average molecular weight is 297 g/mol. The Balaban J connectivity index is 1.94. The monoisotopic (exact) mass is 296 g/mol. The highest BCUT2D eigenvalue weighted by Gasteiger charge is 2.06. The van der Waals surface area contributed by atoms with Crippen molar-refractivity contribution in [1.82, 2.24) is 5.32 Å². The zero-order valence-electron chi connectivity index (χ0n) is 10.3. The normalized spacial score (nSPS) is 10.2. The number of urea groups is 1. The Morgan fingerprint density at radius 3 is 2.40 bits per heavy atom. The Labute approximate surface area is 119 Å². The Hall–Kier alpha value is -2.14. The van der Waals surface area contributed by atoms with Gasteiger partial charge in [-0.25, -0.2) is 13.6 Å². The number of hydrogen-bond donors (Lipinski definition) is 2. The maximum Gasteiger partial charge on any atom is 0.319 e. The number of para-hydroxylation sites is 1. The maximum atomic E-state index is 13.0. The van der Waals surface area contributed by atoms with E-state index >= 15 is 0 Å². The molecule has 0 aliphatic rings. The summed E-state index contributed by atoms with van der Waals surface area (Å²) >= 11 is 5.89. The number of carbonyl (C=O) groups is 1.